The van der Waals surface area contributed by atoms with E-state index < -0.39 is 11.7 Å². The molecule has 144 valence electrons. The van der Waals surface area contributed by atoms with E-state index in [0.29, 0.717) is 12.3 Å². The van der Waals surface area contributed by atoms with Gasteiger partial charge in [-0.1, -0.05) is 31.0 Å². The van der Waals surface area contributed by atoms with E-state index in [1.165, 1.54) is 12.8 Å². The van der Waals surface area contributed by atoms with Crippen LogP contribution in [0.25, 0.3) is 10.9 Å². The van der Waals surface area contributed by atoms with E-state index in [4.69, 9.17) is 10.5 Å². The standard InChI is InChI=1S/C21H27N3O3/c1-21(27-20(22)26,12-15-13-23-17-8-4-3-7-16(15)17)19(25)24-11-10-14-6-2-5-9-18(14)24/h3-4,7-8,13-14,18,23H,2,5-6,9-12H2,1H3,(H2,22,26). The molecule has 1 aliphatic heterocycles. The molecule has 3 unspecified atom stereocenters. The van der Waals surface area contributed by atoms with Crippen LogP contribution in [0.15, 0.2) is 30.5 Å². The molecule has 2 aromatic rings. The number of rotatable bonds is 4. The molecule has 1 aliphatic carbocycles. The first-order valence-corrected chi connectivity index (χ1v) is 9.82. The summed E-state index contributed by atoms with van der Waals surface area (Å²) in [4.78, 5) is 30.3. The summed E-state index contributed by atoms with van der Waals surface area (Å²) < 4.78 is 5.45. The van der Waals surface area contributed by atoms with E-state index in [0.717, 1.165) is 42.3 Å². The average Bonchev–Trinajstić information content (AvgIpc) is 3.25. The second-order valence-corrected chi connectivity index (χ2v) is 8.09. The molecule has 1 aromatic carbocycles. The fourth-order valence-corrected chi connectivity index (χ4v) is 4.98. The minimum atomic E-state index is -1.30. The highest BCUT2D eigenvalue weighted by Gasteiger charge is 2.47. The van der Waals surface area contributed by atoms with Crippen molar-refractivity contribution in [2.45, 2.75) is 57.1 Å². The Kier molecular flexibility index (Phi) is 4.58. The number of amides is 2. The Labute approximate surface area is 159 Å². The lowest BCUT2D eigenvalue weighted by atomic mass is 9.84. The van der Waals surface area contributed by atoms with Crippen molar-refractivity contribution in [3.8, 4) is 0 Å². The molecule has 2 aliphatic rings. The third-order valence-electron chi connectivity index (χ3n) is 6.25. The van der Waals surface area contributed by atoms with E-state index in [2.05, 4.69) is 4.98 Å². The van der Waals surface area contributed by atoms with Gasteiger partial charge in [-0.3, -0.25) is 4.79 Å². The molecule has 1 saturated heterocycles. The van der Waals surface area contributed by atoms with Gasteiger partial charge in [-0.25, -0.2) is 4.79 Å². The Bertz CT molecular complexity index is 861. The number of likely N-dealkylation sites (tertiary alicyclic amines) is 1. The number of aromatic amines is 1. The lowest BCUT2D eigenvalue weighted by molar-refractivity contribution is -0.151. The number of primary amides is 1. The van der Waals surface area contributed by atoms with Crippen LogP contribution in [-0.4, -0.2) is 40.1 Å². The SMILES string of the molecule is CC(Cc1c[nH]c2ccccc12)(OC(N)=O)C(=O)N1CCC2CCCCC21. The van der Waals surface area contributed by atoms with Crippen LogP contribution >= 0.6 is 0 Å². The smallest absolute Gasteiger partial charge is 0.405 e. The van der Waals surface area contributed by atoms with E-state index >= 15 is 0 Å². The third-order valence-corrected chi connectivity index (χ3v) is 6.25. The predicted octanol–water partition coefficient (Wildman–Crippen LogP) is 3.36. The fraction of sp³-hybridized carbons (Fsp3) is 0.524. The number of nitrogens with one attached hydrogen (secondary N) is 1. The minimum absolute atomic E-state index is 0.124. The molecule has 1 saturated carbocycles. The summed E-state index contributed by atoms with van der Waals surface area (Å²) in [5.41, 5.74) is 5.99. The summed E-state index contributed by atoms with van der Waals surface area (Å²) >= 11 is 0. The van der Waals surface area contributed by atoms with Gasteiger partial charge in [0.2, 0.25) is 0 Å². The van der Waals surface area contributed by atoms with Gasteiger partial charge in [0.25, 0.3) is 5.91 Å². The van der Waals surface area contributed by atoms with Crippen molar-refractivity contribution >= 4 is 22.9 Å². The van der Waals surface area contributed by atoms with Crippen molar-refractivity contribution in [3.63, 3.8) is 0 Å². The molecule has 3 N–H and O–H groups in total. The Balaban J connectivity index is 1.63. The average molecular weight is 369 g/mol. The second kappa shape index (κ2) is 6.91. The highest BCUT2D eigenvalue weighted by molar-refractivity contribution is 5.90. The Morgan fingerprint density at radius 3 is 2.85 bits per heavy atom. The summed E-state index contributed by atoms with van der Waals surface area (Å²) in [6.07, 6.45) is 6.93. The molecule has 27 heavy (non-hydrogen) atoms. The monoisotopic (exact) mass is 369 g/mol. The molecule has 0 radical (unpaired) electrons. The molecular weight excluding hydrogens is 342 g/mol. The van der Waals surface area contributed by atoms with Crippen LogP contribution in [0.2, 0.25) is 0 Å². The largest absolute Gasteiger partial charge is 0.433 e. The van der Waals surface area contributed by atoms with Gasteiger partial charge in [-0.05, 0) is 43.7 Å². The van der Waals surface area contributed by atoms with Gasteiger partial charge in [0.05, 0.1) is 0 Å². The quantitative estimate of drug-likeness (QED) is 0.866. The van der Waals surface area contributed by atoms with Gasteiger partial charge < -0.3 is 20.4 Å². The summed E-state index contributed by atoms with van der Waals surface area (Å²) in [7, 11) is 0. The van der Waals surface area contributed by atoms with Crippen molar-refractivity contribution in [2.24, 2.45) is 11.7 Å². The predicted molar refractivity (Wildman–Crippen MR) is 103 cm³/mol. The van der Waals surface area contributed by atoms with Crippen LogP contribution in [0.1, 0.15) is 44.6 Å². The van der Waals surface area contributed by atoms with Gasteiger partial charge >= 0.3 is 6.09 Å². The topological polar surface area (TPSA) is 88.4 Å². The number of aromatic nitrogens is 1. The van der Waals surface area contributed by atoms with Crippen LogP contribution in [-0.2, 0) is 16.0 Å². The molecule has 0 spiro atoms. The number of carbonyl (C=O) groups is 2. The molecule has 0 bridgehead atoms. The number of nitrogens with two attached hydrogens (primary N) is 1. The highest BCUT2D eigenvalue weighted by Crippen LogP contribution is 2.38. The van der Waals surface area contributed by atoms with Crippen molar-refractivity contribution in [1.82, 2.24) is 9.88 Å². The molecular formula is C21H27N3O3. The third kappa shape index (κ3) is 3.29. The van der Waals surface area contributed by atoms with Gasteiger partial charge in [0, 0.05) is 36.1 Å². The number of nitrogens with zero attached hydrogens (tertiary/aromatic N) is 1. The van der Waals surface area contributed by atoms with E-state index in [9.17, 15) is 9.59 Å². The van der Waals surface area contributed by atoms with Crippen molar-refractivity contribution in [1.29, 1.82) is 0 Å². The number of hydrogen-bond donors (Lipinski definition) is 2. The Morgan fingerprint density at radius 2 is 2.04 bits per heavy atom. The van der Waals surface area contributed by atoms with Crippen LogP contribution in [0.5, 0.6) is 0 Å². The number of benzene rings is 1. The lowest BCUT2D eigenvalue weighted by Crippen LogP contribution is -2.54. The number of para-hydroxylation sites is 1. The summed E-state index contributed by atoms with van der Waals surface area (Å²) in [5.74, 6) is 0.453. The van der Waals surface area contributed by atoms with Gasteiger partial charge in [0.1, 0.15) is 0 Å². The Hall–Kier alpha value is -2.50. The molecule has 2 heterocycles. The second-order valence-electron chi connectivity index (χ2n) is 8.09. The molecule has 2 amide bonds. The molecule has 3 atom stereocenters. The number of carbonyl (C=O) groups excluding carboxylic acids is 2. The van der Waals surface area contributed by atoms with Crippen LogP contribution < -0.4 is 5.73 Å². The van der Waals surface area contributed by atoms with Gasteiger partial charge in [0.15, 0.2) is 5.60 Å². The van der Waals surface area contributed by atoms with Crippen molar-refractivity contribution in [2.75, 3.05) is 6.54 Å². The van der Waals surface area contributed by atoms with Gasteiger partial charge in [-0.15, -0.1) is 0 Å². The maximum Gasteiger partial charge on any atom is 0.405 e. The molecule has 6 nitrogen and oxygen atoms in total. The van der Waals surface area contributed by atoms with E-state index in [1.54, 1.807) is 6.92 Å². The maximum absolute atomic E-state index is 13.5. The highest BCUT2D eigenvalue weighted by atomic mass is 16.6. The number of hydrogen-bond acceptors (Lipinski definition) is 3. The normalized spacial score (nSPS) is 24.4. The maximum atomic E-state index is 13.5. The molecule has 6 heteroatoms. The summed E-state index contributed by atoms with van der Waals surface area (Å²) in [6, 6.07) is 8.18. The zero-order valence-electron chi connectivity index (χ0n) is 15.7. The minimum Gasteiger partial charge on any atom is -0.433 e. The zero-order chi connectivity index (χ0) is 19.0. The first-order valence-electron chi connectivity index (χ1n) is 9.82. The molecule has 4 rings (SSSR count). The number of H-pyrrole nitrogens is 1. The molecule has 1 aromatic heterocycles. The van der Waals surface area contributed by atoms with E-state index in [-0.39, 0.29) is 11.9 Å². The van der Waals surface area contributed by atoms with Gasteiger partial charge in [-0.2, -0.15) is 0 Å². The van der Waals surface area contributed by atoms with Crippen LogP contribution in [0.4, 0.5) is 4.79 Å². The first-order chi connectivity index (χ1) is 13.0. The zero-order valence-corrected chi connectivity index (χ0v) is 15.7. The van der Waals surface area contributed by atoms with E-state index in [1.807, 2.05) is 35.4 Å². The van der Waals surface area contributed by atoms with Crippen LogP contribution in [0.3, 0.4) is 0 Å². The summed E-state index contributed by atoms with van der Waals surface area (Å²) in [5, 5.41) is 1.03. The van der Waals surface area contributed by atoms with Crippen LogP contribution in [0, 0.1) is 5.92 Å². The fourth-order valence-electron chi connectivity index (χ4n) is 4.98. The van der Waals surface area contributed by atoms with Crippen molar-refractivity contribution in [3.05, 3.63) is 36.0 Å². The Morgan fingerprint density at radius 1 is 1.26 bits per heavy atom. The molecule has 2 fully saturated rings. The first kappa shape index (κ1) is 17.9. The number of fused-ring (bicyclic) bond motifs is 2. The van der Waals surface area contributed by atoms with Crippen molar-refractivity contribution < 1.29 is 14.3 Å². The lowest BCUT2D eigenvalue weighted by Gasteiger charge is -2.37. The number of ether oxygens (including phenoxy) is 1. The summed E-state index contributed by atoms with van der Waals surface area (Å²) in [6.45, 7) is 2.43.